The summed E-state index contributed by atoms with van der Waals surface area (Å²) in [5, 5.41) is 53.7. The van der Waals surface area contributed by atoms with Crippen molar-refractivity contribution in [2.75, 3.05) is 94.0 Å². The zero-order valence-electron chi connectivity index (χ0n) is 46.5. The van der Waals surface area contributed by atoms with Gasteiger partial charge in [-0.3, -0.25) is 9.59 Å². The number of carbonyl (C=O) groups excluding carboxylic acids is 3. The van der Waals surface area contributed by atoms with Crippen molar-refractivity contribution in [2.24, 2.45) is 0 Å². The molecule has 3 rings (SSSR count). The summed E-state index contributed by atoms with van der Waals surface area (Å²) in [6.45, 7) is 0.541. The summed E-state index contributed by atoms with van der Waals surface area (Å²) in [5.74, 6) is -0.752. The quantitative estimate of drug-likeness (QED) is 0.0306. The Morgan fingerprint density at radius 2 is 1.14 bits per heavy atom. The fraction of sp³-hybridized carbons (Fsp3) is 0.638. The number of hydrogen-bond donors (Lipinski definition) is 6. The Morgan fingerprint density at radius 3 is 1.70 bits per heavy atom. The molecule has 1 aromatic rings. The molecule has 4 unspecified atom stereocenters. The molecule has 0 aliphatic carbocycles. The van der Waals surface area contributed by atoms with Gasteiger partial charge in [0.2, 0.25) is 5.91 Å². The van der Waals surface area contributed by atoms with Crippen molar-refractivity contribution in [3.05, 3.63) is 103 Å². The van der Waals surface area contributed by atoms with Crippen molar-refractivity contribution < 1.29 is 96.8 Å². The number of carbonyl (C=O) groups is 3. The summed E-state index contributed by atoms with van der Waals surface area (Å²) < 4.78 is 68.4. The predicted octanol–water partition coefficient (Wildman–Crippen LogP) is 4.07. The van der Waals surface area contributed by atoms with Crippen LogP contribution in [0.5, 0.6) is 5.75 Å². The number of nitrogens with one attached hydrogen (secondary N) is 1. The first-order chi connectivity index (χ1) is 38.5. The molecule has 0 radical (unpaired) electrons. The Bertz CT molecular complexity index is 1960. The standard InChI is InChI=1S/C58H89NO20/c1-5-6-7-8-9-10-11-12-13-14-15-16-17-18-19-20-21-22-23-25-48(63)59-45(56(67)69-3)40-43-27-29-44(30-28-43)73-34-24-26-49(64)74-39-38-72-42-47-53(55(76-37-33-62)50(65)57(70-4)77-47)79-58-51(66)54(75-36-32-61)52(68-2)46(78-58)41-71-35-31-60/h6-7,9-10,12-13,15-16,18-19,21-22,27-30,45-47,50-55,57-58,60-62,65-66H,5,8,11,14,17,20,23-26,31-42H2,1-4H3,(H,59,63)/b7-6-,10-9-,13-12-,16-15-,19-18-,22-21-/t45-,46?,47?,50?,51?,52+,53+,54+,55+,57-,58+/m0/s1. The minimum atomic E-state index is -1.50. The van der Waals surface area contributed by atoms with Gasteiger partial charge in [-0.15, -0.1) is 0 Å². The Balaban J connectivity index is 1.39. The average Bonchev–Trinajstić information content (AvgIpc) is 3.48. The smallest absolute Gasteiger partial charge is 0.328 e. The van der Waals surface area contributed by atoms with Crippen molar-refractivity contribution in [3.63, 3.8) is 0 Å². The van der Waals surface area contributed by atoms with E-state index in [4.69, 9.17) is 56.8 Å². The number of aliphatic hydroxyl groups excluding tert-OH is 5. The molecule has 0 spiro atoms. The molecule has 21 nitrogen and oxygen atoms in total. The van der Waals surface area contributed by atoms with Gasteiger partial charge in [0, 0.05) is 33.5 Å². The summed E-state index contributed by atoms with van der Waals surface area (Å²) in [4.78, 5) is 38.0. The Hall–Kier alpha value is -4.69. The molecule has 2 saturated heterocycles. The second-order valence-electron chi connectivity index (χ2n) is 18.2. The van der Waals surface area contributed by atoms with Gasteiger partial charge in [0.15, 0.2) is 12.6 Å². The summed E-state index contributed by atoms with van der Waals surface area (Å²) >= 11 is 0. The van der Waals surface area contributed by atoms with Crippen LogP contribution >= 0.6 is 0 Å². The third kappa shape index (κ3) is 27.6. The number of allylic oxidation sites excluding steroid dienone is 12. The van der Waals surface area contributed by atoms with Crippen LogP contribution in [0.3, 0.4) is 0 Å². The monoisotopic (exact) mass is 1120 g/mol. The minimum absolute atomic E-state index is 0.00767. The van der Waals surface area contributed by atoms with Gasteiger partial charge in [-0.05, 0) is 69.1 Å². The SMILES string of the molecule is CC/C=C\C/C=C\C/C=C\C/C=C\C/C=C\C/C=C\CCC(=O)N[C@@H](Cc1ccc(OCCCC(=O)OCCOCC2O[C@H](OC)C(O)[C@@H](OCCO)[C@@H]2O[C@H]2OC(COCCO)[C@@H](OC)[C@H](OCCO)C2O)cc1)C(=O)OC. The Kier molecular flexibility index (Phi) is 37.4. The highest BCUT2D eigenvalue weighted by Crippen LogP contribution is 2.33. The number of benzene rings is 1. The van der Waals surface area contributed by atoms with Crippen LogP contribution in [0.2, 0.25) is 0 Å². The maximum atomic E-state index is 12.8. The molecule has 2 aliphatic heterocycles. The van der Waals surface area contributed by atoms with Gasteiger partial charge in [-0.1, -0.05) is 92.0 Å². The van der Waals surface area contributed by atoms with Gasteiger partial charge in [-0.2, -0.15) is 0 Å². The van der Waals surface area contributed by atoms with Gasteiger partial charge < -0.3 is 87.7 Å². The van der Waals surface area contributed by atoms with E-state index in [9.17, 15) is 39.9 Å². The van der Waals surface area contributed by atoms with Crippen LogP contribution in [0.25, 0.3) is 0 Å². The molecule has 0 bridgehead atoms. The molecule has 446 valence electrons. The van der Waals surface area contributed by atoms with E-state index in [-0.39, 0.29) is 91.2 Å². The molecular formula is C58H89NO20. The fourth-order valence-corrected chi connectivity index (χ4v) is 8.30. The highest BCUT2D eigenvalue weighted by molar-refractivity contribution is 5.84. The second kappa shape index (κ2) is 43.1. The van der Waals surface area contributed by atoms with Gasteiger partial charge >= 0.3 is 11.9 Å². The molecule has 1 aromatic carbocycles. The van der Waals surface area contributed by atoms with Crippen molar-refractivity contribution in [1.82, 2.24) is 5.32 Å². The molecule has 2 heterocycles. The van der Waals surface area contributed by atoms with E-state index in [0.29, 0.717) is 18.6 Å². The molecule has 11 atom stereocenters. The maximum absolute atomic E-state index is 12.8. The first-order valence-corrected chi connectivity index (χ1v) is 27.3. The highest BCUT2D eigenvalue weighted by Gasteiger charge is 2.53. The number of methoxy groups -OCH3 is 3. The molecule has 0 saturated carbocycles. The van der Waals surface area contributed by atoms with Crippen molar-refractivity contribution in [1.29, 1.82) is 0 Å². The normalized spacial score (nSPS) is 24.2. The largest absolute Gasteiger partial charge is 0.494 e. The minimum Gasteiger partial charge on any atom is -0.494 e. The van der Waals surface area contributed by atoms with Crippen LogP contribution in [-0.2, 0) is 72.9 Å². The maximum Gasteiger partial charge on any atom is 0.328 e. The molecule has 21 heteroatoms. The van der Waals surface area contributed by atoms with Gasteiger partial charge in [0.25, 0.3) is 0 Å². The molecule has 6 N–H and O–H groups in total. The first kappa shape index (κ1) is 68.6. The van der Waals surface area contributed by atoms with E-state index in [1.165, 1.54) is 21.3 Å². The van der Waals surface area contributed by atoms with E-state index in [1.807, 2.05) is 12.2 Å². The third-order valence-corrected chi connectivity index (χ3v) is 12.2. The highest BCUT2D eigenvalue weighted by atomic mass is 16.8. The molecule has 79 heavy (non-hydrogen) atoms. The number of rotatable bonds is 42. The molecule has 0 aromatic heterocycles. The van der Waals surface area contributed by atoms with Gasteiger partial charge in [-0.25, -0.2) is 4.79 Å². The summed E-state index contributed by atoms with van der Waals surface area (Å²) in [5.41, 5.74) is 0.779. The van der Waals surface area contributed by atoms with Crippen LogP contribution in [0.4, 0.5) is 0 Å². The first-order valence-electron chi connectivity index (χ1n) is 27.3. The number of amides is 1. The van der Waals surface area contributed by atoms with E-state index >= 15 is 0 Å². The van der Waals surface area contributed by atoms with Crippen molar-refractivity contribution in [3.8, 4) is 5.75 Å². The summed E-state index contributed by atoms with van der Waals surface area (Å²) in [6, 6.07) is 6.19. The Labute approximate surface area is 466 Å². The van der Waals surface area contributed by atoms with Crippen LogP contribution in [-0.4, -0.2) is 205 Å². The predicted molar refractivity (Wildman–Crippen MR) is 292 cm³/mol. The lowest BCUT2D eigenvalue weighted by Crippen LogP contribution is -2.66. The lowest BCUT2D eigenvalue weighted by atomic mass is 9.96. The number of esters is 2. The topological polar surface area (TPSA) is 275 Å². The van der Waals surface area contributed by atoms with E-state index in [1.54, 1.807) is 24.3 Å². The van der Waals surface area contributed by atoms with Crippen LogP contribution in [0, 0.1) is 0 Å². The third-order valence-electron chi connectivity index (χ3n) is 12.2. The van der Waals surface area contributed by atoms with E-state index in [0.717, 1.165) is 44.1 Å². The molecule has 2 fully saturated rings. The van der Waals surface area contributed by atoms with Crippen LogP contribution < -0.4 is 10.1 Å². The number of aliphatic hydroxyl groups is 5. The van der Waals surface area contributed by atoms with Crippen LogP contribution in [0.1, 0.15) is 76.7 Å². The second-order valence-corrected chi connectivity index (χ2v) is 18.2. The van der Waals surface area contributed by atoms with Crippen molar-refractivity contribution >= 4 is 17.8 Å². The molecular weight excluding hydrogens is 1030 g/mol. The zero-order valence-corrected chi connectivity index (χ0v) is 46.5. The number of hydrogen-bond acceptors (Lipinski definition) is 20. The van der Waals surface area contributed by atoms with E-state index in [2.05, 4.69) is 73.0 Å². The Morgan fingerprint density at radius 1 is 0.608 bits per heavy atom. The average molecular weight is 1120 g/mol. The lowest BCUT2D eigenvalue weighted by Gasteiger charge is -2.48. The molecule has 1 amide bonds. The van der Waals surface area contributed by atoms with E-state index < -0.39 is 86.0 Å². The number of ether oxygens (including phenoxy) is 12. The van der Waals surface area contributed by atoms with Gasteiger partial charge in [0.1, 0.15) is 67.2 Å². The zero-order chi connectivity index (χ0) is 57.3. The van der Waals surface area contributed by atoms with Crippen molar-refractivity contribution in [2.45, 2.75) is 145 Å². The summed E-state index contributed by atoms with van der Waals surface area (Å²) in [7, 11) is 3.99. The fourth-order valence-electron chi connectivity index (χ4n) is 8.30. The van der Waals surface area contributed by atoms with Crippen LogP contribution in [0.15, 0.2) is 97.2 Å². The lowest BCUT2D eigenvalue weighted by molar-refractivity contribution is -0.365. The molecule has 2 aliphatic rings. The summed E-state index contributed by atoms with van der Waals surface area (Å²) in [6.07, 6.45) is 20.6. The van der Waals surface area contributed by atoms with Gasteiger partial charge in [0.05, 0.1) is 73.2 Å².